The van der Waals surface area contributed by atoms with Gasteiger partial charge in [-0.2, -0.15) is 10.1 Å². The second-order valence-corrected chi connectivity index (χ2v) is 6.56. The Morgan fingerprint density at radius 1 is 1.15 bits per heavy atom. The Hall–Kier alpha value is -2.77. The average Bonchev–Trinajstić information content (AvgIpc) is 3.28. The molecule has 3 aromatic heterocycles. The minimum Gasteiger partial charge on any atom is -0.334 e. The zero-order chi connectivity index (χ0) is 18.3. The van der Waals surface area contributed by atoms with Crippen molar-refractivity contribution in [2.24, 2.45) is 5.73 Å². The molecule has 0 saturated carbocycles. The minimum atomic E-state index is 0. The van der Waals surface area contributed by atoms with Gasteiger partial charge in [0.25, 0.3) is 5.89 Å². The van der Waals surface area contributed by atoms with Crippen molar-refractivity contribution >= 4 is 23.4 Å². The van der Waals surface area contributed by atoms with Crippen molar-refractivity contribution in [1.82, 2.24) is 24.9 Å². The van der Waals surface area contributed by atoms with Crippen LogP contribution in [-0.4, -0.2) is 24.9 Å². The van der Waals surface area contributed by atoms with Crippen LogP contribution in [0.3, 0.4) is 0 Å². The molecule has 0 unspecified atom stereocenters. The molecule has 140 valence electrons. The smallest absolute Gasteiger partial charge is 0.259 e. The van der Waals surface area contributed by atoms with Gasteiger partial charge in [-0.05, 0) is 32.4 Å². The number of nitrogens with zero attached hydrogens (tertiary/aromatic N) is 5. The topological polar surface area (TPSA) is 95.6 Å². The molecule has 0 aliphatic heterocycles. The molecule has 27 heavy (non-hydrogen) atoms. The lowest BCUT2D eigenvalue weighted by Gasteiger charge is -2.07. The van der Waals surface area contributed by atoms with Crippen molar-refractivity contribution in [3.05, 3.63) is 47.8 Å². The van der Waals surface area contributed by atoms with E-state index >= 15 is 0 Å². The lowest BCUT2D eigenvalue weighted by atomic mass is 10.1. The highest BCUT2D eigenvalue weighted by molar-refractivity contribution is 5.90. The molecule has 4 rings (SSSR count). The van der Waals surface area contributed by atoms with Gasteiger partial charge in [0, 0.05) is 23.8 Å². The van der Waals surface area contributed by atoms with E-state index in [2.05, 4.69) is 34.1 Å². The van der Waals surface area contributed by atoms with Crippen LogP contribution < -0.4 is 5.73 Å². The van der Waals surface area contributed by atoms with Gasteiger partial charge in [-0.15, -0.1) is 12.4 Å². The first-order valence-electron chi connectivity index (χ1n) is 8.55. The first-order valence-corrected chi connectivity index (χ1v) is 8.55. The van der Waals surface area contributed by atoms with E-state index in [4.69, 9.17) is 10.3 Å². The van der Waals surface area contributed by atoms with Crippen molar-refractivity contribution < 1.29 is 4.52 Å². The summed E-state index contributed by atoms with van der Waals surface area (Å²) in [5.41, 5.74) is 10.1. The highest BCUT2D eigenvalue weighted by atomic mass is 35.5. The summed E-state index contributed by atoms with van der Waals surface area (Å²) in [4.78, 5) is 9.20. The number of fused-ring (bicyclic) bond motifs is 1. The Kier molecular flexibility index (Phi) is 5.25. The summed E-state index contributed by atoms with van der Waals surface area (Å²) in [6, 6.07) is 9.99. The van der Waals surface area contributed by atoms with Gasteiger partial charge in [-0.3, -0.25) is 0 Å². The third-order valence-corrected chi connectivity index (χ3v) is 4.29. The first-order chi connectivity index (χ1) is 12.6. The fourth-order valence-corrected chi connectivity index (χ4v) is 2.94. The van der Waals surface area contributed by atoms with Gasteiger partial charge in [0.2, 0.25) is 5.82 Å². The maximum atomic E-state index is 5.65. The zero-order valence-corrected chi connectivity index (χ0v) is 16.2. The SMILES string of the molecule is Cc1cc(-c2nc(-c3ccc(CN)cc3)no2)c2cnn(C(C)C)c2n1.Cl. The van der Waals surface area contributed by atoms with Gasteiger partial charge in [0.1, 0.15) is 0 Å². The molecule has 0 bridgehead atoms. The van der Waals surface area contributed by atoms with Crippen LogP contribution in [0, 0.1) is 6.92 Å². The van der Waals surface area contributed by atoms with Crippen molar-refractivity contribution in [2.75, 3.05) is 0 Å². The molecule has 0 saturated heterocycles. The Bertz CT molecular complexity index is 1070. The molecule has 3 heterocycles. The van der Waals surface area contributed by atoms with E-state index in [1.54, 1.807) is 6.20 Å². The number of hydrogen-bond acceptors (Lipinski definition) is 6. The third kappa shape index (κ3) is 3.43. The van der Waals surface area contributed by atoms with Crippen LogP contribution in [0.25, 0.3) is 33.9 Å². The summed E-state index contributed by atoms with van der Waals surface area (Å²) in [5, 5.41) is 9.49. The predicted octanol–water partition coefficient (Wildman–Crippen LogP) is 3.92. The summed E-state index contributed by atoms with van der Waals surface area (Å²) in [7, 11) is 0. The van der Waals surface area contributed by atoms with Gasteiger partial charge >= 0.3 is 0 Å². The third-order valence-electron chi connectivity index (χ3n) is 4.29. The van der Waals surface area contributed by atoms with Crippen LogP contribution in [0.4, 0.5) is 0 Å². The predicted molar refractivity (Wildman–Crippen MR) is 107 cm³/mol. The van der Waals surface area contributed by atoms with Gasteiger partial charge in [-0.1, -0.05) is 29.4 Å². The van der Waals surface area contributed by atoms with E-state index in [-0.39, 0.29) is 18.4 Å². The number of rotatable bonds is 4. The molecule has 1 aromatic carbocycles. The number of hydrogen-bond donors (Lipinski definition) is 1. The summed E-state index contributed by atoms with van der Waals surface area (Å²) in [6.07, 6.45) is 1.80. The minimum absolute atomic E-state index is 0. The Labute approximate surface area is 163 Å². The van der Waals surface area contributed by atoms with Gasteiger partial charge in [-0.25, -0.2) is 9.67 Å². The number of pyridine rings is 1. The largest absolute Gasteiger partial charge is 0.334 e. The van der Waals surface area contributed by atoms with E-state index in [1.807, 2.05) is 41.9 Å². The molecule has 0 amide bonds. The summed E-state index contributed by atoms with van der Waals surface area (Å²) >= 11 is 0. The Morgan fingerprint density at radius 2 is 1.89 bits per heavy atom. The Balaban J connectivity index is 0.00000210. The van der Waals surface area contributed by atoms with Crippen molar-refractivity contribution in [1.29, 1.82) is 0 Å². The monoisotopic (exact) mass is 384 g/mol. The molecule has 2 N–H and O–H groups in total. The van der Waals surface area contributed by atoms with E-state index in [9.17, 15) is 0 Å². The van der Waals surface area contributed by atoms with Crippen LogP contribution in [0.5, 0.6) is 0 Å². The quantitative estimate of drug-likeness (QED) is 0.573. The fourth-order valence-electron chi connectivity index (χ4n) is 2.94. The number of aromatic nitrogens is 5. The van der Waals surface area contributed by atoms with E-state index in [0.29, 0.717) is 18.3 Å². The normalized spacial score (nSPS) is 11.1. The second kappa shape index (κ2) is 7.46. The lowest BCUT2D eigenvalue weighted by molar-refractivity contribution is 0.432. The lowest BCUT2D eigenvalue weighted by Crippen LogP contribution is -2.03. The maximum Gasteiger partial charge on any atom is 0.259 e. The molecule has 8 heteroatoms. The first kappa shape index (κ1) is 19.0. The summed E-state index contributed by atoms with van der Waals surface area (Å²) in [5.74, 6) is 1.00. The highest BCUT2D eigenvalue weighted by Crippen LogP contribution is 2.30. The van der Waals surface area contributed by atoms with Gasteiger partial charge < -0.3 is 10.3 Å². The summed E-state index contributed by atoms with van der Waals surface area (Å²) in [6.45, 7) is 6.60. The zero-order valence-electron chi connectivity index (χ0n) is 15.4. The molecular formula is C19H21ClN6O. The molecule has 0 aliphatic carbocycles. The number of aryl methyl sites for hydroxylation is 1. The second-order valence-electron chi connectivity index (χ2n) is 6.56. The van der Waals surface area contributed by atoms with Crippen LogP contribution >= 0.6 is 12.4 Å². The Morgan fingerprint density at radius 3 is 2.56 bits per heavy atom. The number of nitrogens with two attached hydrogens (primary N) is 1. The van der Waals surface area contributed by atoms with E-state index < -0.39 is 0 Å². The van der Waals surface area contributed by atoms with Crippen molar-refractivity contribution in [3.8, 4) is 22.8 Å². The molecule has 0 radical (unpaired) electrons. The number of benzene rings is 1. The van der Waals surface area contributed by atoms with Crippen molar-refractivity contribution in [3.63, 3.8) is 0 Å². The van der Waals surface area contributed by atoms with Crippen molar-refractivity contribution in [2.45, 2.75) is 33.4 Å². The standard InChI is InChI=1S/C19H20N6O.ClH/c1-11(2)25-18-16(10-21-25)15(8-12(3)22-18)19-23-17(24-26-19)14-6-4-13(9-20)5-7-14;/h4-8,10-11H,9,20H2,1-3H3;1H. The number of halogens is 1. The molecule has 0 aliphatic rings. The molecule has 0 atom stereocenters. The maximum absolute atomic E-state index is 5.65. The van der Waals surface area contributed by atoms with Crippen LogP contribution in [0.1, 0.15) is 31.1 Å². The van der Waals surface area contributed by atoms with Crippen LogP contribution in [0.15, 0.2) is 41.1 Å². The average molecular weight is 385 g/mol. The van der Waals surface area contributed by atoms with E-state index in [1.165, 1.54) is 0 Å². The molecule has 0 fully saturated rings. The molecule has 7 nitrogen and oxygen atoms in total. The van der Waals surface area contributed by atoms with Gasteiger partial charge in [0.15, 0.2) is 5.65 Å². The fraction of sp³-hybridized carbons (Fsp3) is 0.263. The molecule has 4 aromatic rings. The highest BCUT2D eigenvalue weighted by Gasteiger charge is 2.18. The van der Waals surface area contributed by atoms with Gasteiger partial charge in [0.05, 0.1) is 17.1 Å². The molecular weight excluding hydrogens is 364 g/mol. The van der Waals surface area contributed by atoms with E-state index in [0.717, 1.165) is 33.4 Å². The summed E-state index contributed by atoms with van der Waals surface area (Å²) < 4.78 is 7.44. The van der Waals surface area contributed by atoms with Crippen LogP contribution in [-0.2, 0) is 6.54 Å². The molecule has 0 spiro atoms. The van der Waals surface area contributed by atoms with Crippen LogP contribution in [0.2, 0.25) is 0 Å².